The van der Waals surface area contributed by atoms with Crippen molar-refractivity contribution in [2.75, 3.05) is 7.05 Å². The fraction of sp³-hybridized carbons (Fsp3) is 0.364. The molecule has 0 aliphatic carbocycles. The molecule has 2 N–H and O–H groups in total. The molecule has 0 fully saturated rings. The van der Waals surface area contributed by atoms with E-state index >= 15 is 0 Å². The molecule has 2 aromatic heterocycles. The van der Waals surface area contributed by atoms with Crippen LogP contribution < -0.4 is 5.73 Å². The molecule has 0 aromatic carbocycles. The van der Waals surface area contributed by atoms with Crippen molar-refractivity contribution in [2.24, 2.45) is 5.73 Å². The van der Waals surface area contributed by atoms with Gasteiger partial charge in [-0.15, -0.1) is 11.3 Å². The van der Waals surface area contributed by atoms with E-state index < -0.39 is 0 Å². The first kappa shape index (κ1) is 11.3. The Morgan fingerprint density at radius 2 is 2.38 bits per heavy atom. The highest BCUT2D eigenvalue weighted by Gasteiger charge is 2.06. The van der Waals surface area contributed by atoms with Crippen molar-refractivity contribution in [3.8, 4) is 0 Å². The zero-order valence-corrected chi connectivity index (χ0v) is 10.0. The van der Waals surface area contributed by atoms with Crippen LogP contribution >= 0.6 is 11.3 Å². The lowest BCUT2D eigenvalue weighted by atomic mass is 10.4. The van der Waals surface area contributed by atoms with Crippen LogP contribution in [0.3, 0.4) is 0 Å². The monoisotopic (exact) mass is 237 g/mol. The molecule has 0 bridgehead atoms. The van der Waals surface area contributed by atoms with E-state index in [1.54, 1.807) is 17.6 Å². The molecule has 2 heterocycles. The van der Waals surface area contributed by atoms with Crippen molar-refractivity contribution in [3.63, 3.8) is 0 Å². The molecule has 0 saturated heterocycles. The predicted molar refractivity (Wildman–Crippen MR) is 63.9 cm³/mol. The maximum absolute atomic E-state index is 5.52. The van der Waals surface area contributed by atoms with E-state index in [4.69, 9.17) is 10.2 Å². The Balaban J connectivity index is 1.89. The normalized spacial score (nSPS) is 11.2. The molecule has 2 aromatic rings. The van der Waals surface area contributed by atoms with Gasteiger partial charge in [0.2, 0.25) is 0 Å². The first-order valence-corrected chi connectivity index (χ1v) is 6.00. The molecule has 86 valence electrons. The Morgan fingerprint density at radius 1 is 1.50 bits per heavy atom. The lowest BCUT2D eigenvalue weighted by molar-refractivity contribution is 0.285. The van der Waals surface area contributed by atoms with E-state index in [9.17, 15) is 0 Å². The summed E-state index contributed by atoms with van der Waals surface area (Å²) in [6.07, 6.45) is 1.69. The van der Waals surface area contributed by atoms with Gasteiger partial charge in [0.05, 0.1) is 18.5 Å². The molecule has 4 nitrogen and oxygen atoms in total. The van der Waals surface area contributed by atoms with Crippen LogP contribution in [0.5, 0.6) is 0 Å². The molecule has 0 atom stereocenters. The summed E-state index contributed by atoms with van der Waals surface area (Å²) in [5.41, 5.74) is 6.59. The lowest BCUT2D eigenvalue weighted by Gasteiger charge is -2.12. The van der Waals surface area contributed by atoms with Crippen LogP contribution in [-0.4, -0.2) is 16.9 Å². The minimum Gasteiger partial charge on any atom is -0.468 e. The largest absolute Gasteiger partial charge is 0.468 e. The maximum Gasteiger partial charge on any atom is 0.117 e. The summed E-state index contributed by atoms with van der Waals surface area (Å²) in [5, 5.41) is 3.04. The van der Waals surface area contributed by atoms with Crippen molar-refractivity contribution in [3.05, 3.63) is 40.2 Å². The van der Waals surface area contributed by atoms with E-state index in [1.165, 1.54) is 0 Å². The molecule has 5 heteroatoms. The third-order valence-corrected chi connectivity index (χ3v) is 3.13. The zero-order chi connectivity index (χ0) is 11.4. The standard InChI is InChI=1S/C11H15N3OS/c1-14(7-10-3-2-4-15-10)6-9-8-16-11(5-12)13-9/h2-4,8H,5-7,12H2,1H3. The van der Waals surface area contributed by atoms with Gasteiger partial charge in [-0.3, -0.25) is 4.90 Å². The van der Waals surface area contributed by atoms with Gasteiger partial charge in [0.25, 0.3) is 0 Å². The number of thiazole rings is 1. The molecule has 0 amide bonds. The quantitative estimate of drug-likeness (QED) is 0.862. The predicted octanol–water partition coefficient (Wildman–Crippen LogP) is 1.83. The molecule has 0 aliphatic rings. The van der Waals surface area contributed by atoms with Crippen LogP contribution in [0.2, 0.25) is 0 Å². The number of rotatable bonds is 5. The van der Waals surface area contributed by atoms with Crippen molar-refractivity contribution in [2.45, 2.75) is 19.6 Å². The Bertz CT molecular complexity index is 424. The summed E-state index contributed by atoms with van der Waals surface area (Å²) in [6.45, 7) is 2.13. The van der Waals surface area contributed by atoms with Crippen molar-refractivity contribution in [1.82, 2.24) is 9.88 Å². The smallest absolute Gasteiger partial charge is 0.117 e. The van der Waals surface area contributed by atoms with Crippen LogP contribution in [0.4, 0.5) is 0 Å². The fourth-order valence-corrected chi connectivity index (χ4v) is 2.18. The Labute approximate surface area is 98.7 Å². The minimum atomic E-state index is 0.520. The van der Waals surface area contributed by atoms with Gasteiger partial charge >= 0.3 is 0 Å². The van der Waals surface area contributed by atoms with Gasteiger partial charge in [0.1, 0.15) is 10.8 Å². The van der Waals surface area contributed by atoms with Crippen molar-refractivity contribution in [1.29, 1.82) is 0 Å². The van der Waals surface area contributed by atoms with Crippen LogP contribution in [0.15, 0.2) is 28.2 Å². The molecule has 0 spiro atoms. The molecule has 0 unspecified atom stereocenters. The van der Waals surface area contributed by atoms with Gasteiger partial charge in [0, 0.05) is 18.5 Å². The lowest BCUT2D eigenvalue weighted by Crippen LogP contribution is -2.17. The molecule has 2 rings (SSSR count). The Morgan fingerprint density at radius 3 is 3.00 bits per heavy atom. The number of furan rings is 1. The van der Waals surface area contributed by atoms with Gasteiger partial charge in [-0.2, -0.15) is 0 Å². The second-order valence-electron chi connectivity index (χ2n) is 3.69. The van der Waals surface area contributed by atoms with E-state index in [0.29, 0.717) is 6.54 Å². The molecule has 0 aliphatic heterocycles. The summed E-state index contributed by atoms with van der Waals surface area (Å²) < 4.78 is 5.29. The summed E-state index contributed by atoms with van der Waals surface area (Å²) in [5.74, 6) is 0.969. The highest BCUT2D eigenvalue weighted by Crippen LogP contribution is 2.12. The van der Waals surface area contributed by atoms with E-state index in [2.05, 4.69) is 15.3 Å². The number of nitrogens with zero attached hydrogens (tertiary/aromatic N) is 2. The average Bonchev–Trinajstić information content (AvgIpc) is 2.89. The van der Waals surface area contributed by atoms with Crippen LogP contribution in [0.1, 0.15) is 16.5 Å². The molecule has 16 heavy (non-hydrogen) atoms. The van der Waals surface area contributed by atoms with Crippen molar-refractivity contribution < 1.29 is 4.42 Å². The van der Waals surface area contributed by atoms with Gasteiger partial charge in [-0.1, -0.05) is 0 Å². The Hall–Kier alpha value is -1.17. The minimum absolute atomic E-state index is 0.520. The van der Waals surface area contributed by atoms with Crippen LogP contribution in [0.25, 0.3) is 0 Å². The molecule has 0 radical (unpaired) electrons. The second-order valence-corrected chi connectivity index (χ2v) is 4.63. The SMILES string of the molecule is CN(Cc1csc(CN)n1)Cc1ccco1. The zero-order valence-electron chi connectivity index (χ0n) is 9.22. The van der Waals surface area contributed by atoms with E-state index in [0.717, 1.165) is 29.6 Å². The topological polar surface area (TPSA) is 55.3 Å². The first-order valence-electron chi connectivity index (χ1n) is 5.12. The van der Waals surface area contributed by atoms with Gasteiger partial charge in [-0.25, -0.2) is 4.98 Å². The summed E-state index contributed by atoms with van der Waals surface area (Å²) in [4.78, 5) is 6.58. The summed E-state index contributed by atoms with van der Waals surface area (Å²) in [6, 6.07) is 3.88. The molecule has 0 saturated carbocycles. The number of nitrogens with two attached hydrogens (primary N) is 1. The fourth-order valence-electron chi connectivity index (χ4n) is 1.52. The highest BCUT2D eigenvalue weighted by atomic mass is 32.1. The molecular weight excluding hydrogens is 222 g/mol. The number of aromatic nitrogens is 1. The van der Waals surface area contributed by atoms with Crippen LogP contribution in [-0.2, 0) is 19.6 Å². The Kier molecular flexibility index (Phi) is 3.71. The van der Waals surface area contributed by atoms with Crippen molar-refractivity contribution >= 4 is 11.3 Å². The first-order chi connectivity index (χ1) is 7.78. The van der Waals surface area contributed by atoms with Gasteiger partial charge in [0.15, 0.2) is 0 Å². The summed E-state index contributed by atoms with van der Waals surface area (Å²) >= 11 is 1.61. The van der Waals surface area contributed by atoms with Gasteiger partial charge in [-0.05, 0) is 19.2 Å². The van der Waals surface area contributed by atoms with Gasteiger partial charge < -0.3 is 10.2 Å². The highest BCUT2D eigenvalue weighted by molar-refractivity contribution is 7.09. The third kappa shape index (κ3) is 2.91. The molecular formula is C11H15N3OS. The summed E-state index contributed by atoms with van der Waals surface area (Å²) in [7, 11) is 2.05. The number of hydrogen-bond donors (Lipinski definition) is 1. The van der Waals surface area contributed by atoms with Crippen LogP contribution in [0, 0.1) is 0 Å². The average molecular weight is 237 g/mol. The van der Waals surface area contributed by atoms with E-state index in [-0.39, 0.29) is 0 Å². The third-order valence-electron chi connectivity index (χ3n) is 2.21. The van der Waals surface area contributed by atoms with E-state index in [1.807, 2.05) is 19.2 Å². The maximum atomic E-state index is 5.52. The second kappa shape index (κ2) is 5.25. The number of hydrogen-bond acceptors (Lipinski definition) is 5.